The van der Waals surface area contributed by atoms with Crippen LogP contribution in [-0.2, 0) is 19.4 Å². The second kappa shape index (κ2) is 5.24. The average Bonchev–Trinajstić information content (AvgIpc) is 2.90. The number of rotatable bonds is 3. The lowest BCUT2D eigenvalue weighted by Crippen LogP contribution is -2.27. The molecule has 0 unspecified atom stereocenters. The molecule has 0 radical (unpaired) electrons. The highest BCUT2D eigenvalue weighted by Gasteiger charge is 2.19. The van der Waals surface area contributed by atoms with E-state index in [0.29, 0.717) is 6.07 Å². The van der Waals surface area contributed by atoms with Gasteiger partial charge < -0.3 is 4.57 Å². The normalized spacial score (nSPS) is 13.2. The largest absolute Gasteiger partial charge is 0.305 e. The number of fused-ring (bicyclic) bond motifs is 1. The van der Waals surface area contributed by atoms with Gasteiger partial charge in [0, 0.05) is 17.8 Å². The second-order valence-corrected chi connectivity index (χ2v) is 5.13. The number of carbonyl (C=O) groups is 1. The summed E-state index contributed by atoms with van der Waals surface area (Å²) in [7, 11) is 0. The van der Waals surface area contributed by atoms with Gasteiger partial charge in [0.25, 0.3) is 5.56 Å². The van der Waals surface area contributed by atoms with Gasteiger partial charge in [-0.2, -0.15) is 0 Å². The first-order chi connectivity index (χ1) is 10.1. The lowest BCUT2D eigenvalue weighted by atomic mass is 10.1. The van der Waals surface area contributed by atoms with E-state index in [2.05, 4.69) is 0 Å². The molecule has 0 fully saturated rings. The van der Waals surface area contributed by atoms with Crippen LogP contribution in [0.4, 0.5) is 8.78 Å². The number of aryl methyl sites for hydroxylation is 1. The summed E-state index contributed by atoms with van der Waals surface area (Å²) in [5.74, 6) is -2.17. The summed E-state index contributed by atoms with van der Waals surface area (Å²) in [5, 5.41) is 0. The zero-order chi connectivity index (χ0) is 15.0. The lowest BCUT2D eigenvalue weighted by molar-refractivity contribution is 0.0965. The molecule has 1 aliphatic carbocycles. The molecule has 1 aromatic heterocycles. The molecule has 3 nitrogen and oxygen atoms in total. The first-order valence-electron chi connectivity index (χ1n) is 6.76. The molecule has 0 bridgehead atoms. The van der Waals surface area contributed by atoms with E-state index in [1.165, 1.54) is 10.6 Å². The van der Waals surface area contributed by atoms with Crippen molar-refractivity contribution in [1.82, 2.24) is 4.57 Å². The maximum atomic E-state index is 13.6. The molecule has 5 heteroatoms. The molecule has 1 aliphatic rings. The minimum atomic E-state index is -0.902. The van der Waals surface area contributed by atoms with Crippen LogP contribution in [0.15, 0.2) is 35.1 Å². The van der Waals surface area contributed by atoms with Crippen LogP contribution in [-0.4, -0.2) is 10.4 Å². The smallest absolute Gasteiger partial charge is 0.251 e. The Balaban J connectivity index is 1.96. The van der Waals surface area contributed by atoms with Crippen LogP contribution >= 0.6 is 0 Å². The Morgan fingerprint density at radius 1 is 1.14 bits per heavy atom. The third-order valence-electron chi connectivity index (χ3n) is 3.78. The summed E-state index contributed by atoms with van der Waals surface area (Å²) in [6.07, 6.45) is 2.57. The molecule has 0 amide bonds. The fraction of sp³-hybridized carbons (Fsp3) is 0.250. The van der Waals surface area contributed by atoms with Crippen molar-refractivity contribution in [2.24, 2.45) is 0 Å². The Hall–Kier alpha value is -2.30. The number of hydrogen-bond acceptors (Lipinski definition) is 2. The van der Waals surface area contributed by atoms with Gasteiger partial charge >= 0.3 is 0 Å². The fourth-order valence-electron chi connectivity index (χ4n) is 2.75. The SMILES string of the molecule is O=C(Cn1c2c(ccc1=O)CCC2)c1ccc(F)cc1F. The van der Waals surface area contributed by atoms with Crippen molar-refractivity contribution in [2.45, 2.75) is 25.8 Å². The maximum Gasteiger partial charge on any atom is 0.251 e. The van der Waals surface area contributed by atoms with Crippen LogP contribution in [0.25, 0.3) is 0 Å². The molecular formula is C16H13F2NO2. The van der Waals surface area contributed by atoms with Crippen LogP contribution in [0.2, 0.25) is 0 Å². The summed E-state index contributed by atoms with van der Waals surface area (Å²) in [6.45, 7) is -0.218. The van der Waals surface area contributed by atoms with Crippen molar-refractivity contribution in [3.63, 3.8) is 0 Å². The molecule has 2 aromatic rings. The standard InChI is InChI=1S/C16H13F2NO2/c17-11-5-6-12(13(18)8-11)15(20)9-19-14-3-1-2-10(14)4-7-16(19)21/h4-8H,1-3,9H2. The predicted molar refractivity (Wildman–Crippen MR) is 73.4 cm³/mol. The molecule has 0 saturated carbocycles. The Bertz CT molecular complexity index is 780. The maximum absolute atomic E-state index is 13.6. The van der Waals surface area contributed by atoms with Crippen molar-refractivity contribution >= 4 is 5.78 Å². The lowest BCUT2D eigenvalue weighted by Gasteiger charge is -2.11. The molecule has 1 heterocycles. The number of pyridine rings is 1. The molecule has 1 aromatic carbocycles. The van der Waals surface area contributed by atoms with E-state index in [4.69, 9.17) is 0 Å². The third-order valence-corrected chi connectivity index (χ3v) is 3.78. The van der Waals surface area contributed by atoms with E-state index >= 15 is 0 Å². The molecular weight excluding hydrogens is 276 g/mol. The van der Waals surface area contributed by atoms with Crippen molar-refractivity contribution in [2.75, 3.05) is 0 Å². The zero-order valence-electron chi connectivity index (χ0n) is 11.2. The van der Waals surface area contributed by atoms with Crippen molar-refractivity contribution < 1.29 is 13.6 Å². The highest BCUT2D eigenvalue weighted by molar-refractivity contribution is 5.96. The van der Waals surface area contributed by atoms with Gasteiger partial charge in [0.15, 0.2) is 5.78 Å². The minimum Gasteiger partial charge on any atom is -0.305 e. The number of halogens is 2. The summed E-state index contributed by atoms with van der Waals surface area (Å²) >= 11 is 0. The van der Waals surface area contributed by atoms with Crippen LogP contribution in [0, 0.1) is 11.6 Å². The predicted octanol–water partition coefficient (Wildman–Crippen LogP) is 2.50. The number of benzene rings is 1. The van der Waals surface area contributed by atoms with Crippen LogP contribution in [0.1, 0.15) is 28.0 Å². The number of carbonyl (C=O) groups excluding carboxylic acids is 1. The Labute approximate surface area is 119 Å². The quantitative estimate of drug-likeness (QED) is 0.814. The first kappa shape index (κ1) is 13.7. The average molecular weight is 289 g/mol. The molecule has 21 heavy (non-hydrogen) atoms. The monoisotopic (exact) mass is 289 g/mol. The van der Waals surface area contributed by atoms with E-state index in [1.54, 1.807) is 6.07 Å². The molecule has 0 atom stereocenters. The fourth-order valence-corrected chi connectivity index (χ4v) is 2.75. The van der Waals surface area contributed by atoms with E-state index in [-0.39, 0.29) is 17.7 Å². The van der Waals surface area contributed by atoms with Crippen LogP contribution < -0.4 is 5.56 Å². The number of aromatic nitrogens is 1. The van der Waals surface area contributed by atoms with E-state index in [1.807, 2.05) is 0 Å². The Kier molecular flexibility index (Phi) is 3.41. The first-order valence-corrected chi connectivity index (χ1v) is 6.76. The Morgan fingerprint density at radius 3 is 2.71 bits per heavy atom. The van der Waals surface area contributed by atoms with Crippen molar-refractivity contribution in [1.29, 1.82) is 0 Å². The van der Waals surface area contributed by atoms with Gasteiger partial charge in [-0.1, -0.05) is 6.07 Å². The molecule has 0 N–H and O–H groups in total. The van der Waals surface area contributed by atoms with Gasteiger partial charge in [-0.15, -0.1) is 0 Å². The number of nitrogens with zero attached hydrogens (tertiary/aromatic N) is 1. The molecule has 0 spiro atoms. The zero-order valence-corrected chi connectivity index (χ0v) is 11.2. The van der Waals surface area contributed by atoms with Gasteiger partial charge in [0.1, 0.15) is 11.6 Å². The van der Waals surface area contributed by atoms with Crippen LogP contribution in [0.3, 0.4) is 0 Å². The minimum absolute atomic E-state index is 0.195. The highest BCUT2D eigenvalue weighted by Crippen LogP contribution is 2.20. The van der Waals surface area contributed by atoms with Gasteiger partial charge in [-0.05, 0) is 37.0 Å². The number of ketones is 1. The highest BCUT2D eigenvalue weighted by atomic mass is 19.1. The summed E-state index contributed by atoms with van der Waals surface area (Å²) in [5.41, 5.74) is 1.44. The number of hydrogen-bond donors (Lipinski definition) is 0. The molecule has 0 aliphatic heterocycles. The second-order valence-electron chi connectivity index (χ2n) is 5.13. The summed E-state index contributed by atoms with van der Waals surface area (Å²) < 4.78 is 27.9. The van der Waals surface area contributed by atoms with Crippen LogP contribution in [0.5, 0.6) is 0 Å². The third kappa shape index (κ3) is 2.51. The molecule has 3 rings (SSSR count). The summed E-state index contributed by atoms with van der Waals surface area (Å²) in [6, 6.07) is 6.03. The van der Waals surface area contributed by atoms with Gasteiger partial charge in [0.05, 0.1) is 12.1 Å². The number of Topliss-reactive ketones (excluding diaryl/α,β-unsaturated/α-hetero) is 1. The van der Waals surface area contributed by atoms with E-state index < -0.39 is 17.4 Å². The van der Waals surface area contributed by atoms with Gasteiger partial charge in [-0.3, -0.25) is 9.59 Å². The Morgan fingerprint density at radius 2 is 1.95 bits per heavy atom. The van der Waals surface area contributed by atoms with Crippen molar-refractivity contribution in [3.05, 3.63) is 69.1 Å². The topological polar surface area (TPSA) is 39.1 Å². The van der Waals surface area contributed by atoms with Gasteiger partial charge in [-0.25, -0.2) is 8.78 Å². The van der Waals surface area contributed by atoms with Crippen molar-refractivity contribution in [3.8, 4) is 0 Å². The van der Waals surface area contributed by atoms with E-state index in [0.717, 1.165) is 42.7 Å². The van der Waals surface area contributed by atoms with Gasteiger partial charge in [0.2, 0.25) is 0 Å². The molecule has 0 saturated heterocycles. The summed E-state index contributed by atoms with van der Waals surface area (Å²) in [4.78, 5) is 24.1. The molecule has 108 valence electrons. The van der Waals surface area contributed by atoms with E-state index in [9.17, 15) is 18.4 Å².